The molecule has 0 bridgehead atoms. The summed E-state index contributed by atoms with van der Waals surface area (Å²) in [4.78, 5) is 15.9. The minimum Gasteiger partial charge on any atom is -0.480 e. The molecular weight excluding hydrogens is 256 g/mol. The van der Waals surface area contributed by atoms with Crippen LogP contribution in [-0.2, 0) is 16.1 Å². The fourth-order valence-electron chi connectivity index (χ4n) is 2.61. The second kappa shape index (κ2) is 6.83. The zero-order chi connectivity index (χ0) is 14.5. The fraction of sp³-hybridized carbons (Fsp3) is 0.533. The molecule has 0 saturated carbocycles. The minimum absolute atomic E-state index is 0.503. The maximum absolute atomic E-state index is 11.7. The van der Waals surface area contributed by atoms with Crippen molar-refractivity contribution in [3.63, 3.8) is 0 Å². The number of piperazine rings is 1. The highest BCUT2D eigenvalue weighted by atomic mass is 16.5. The van der Waals surface area contributed by atoms with Crippen LogP contribution in [0.4, 0.5) is 0 Å². The number of benzene rings is 1. The summed E-state index contributed by atoms with van der Waals surface area (Å²) in [7, 11) is 3.70. The van der Waals surface area contributed by atoms with Gasteiger partial charge in [-0.1, -0.05) is 24.3 Å². The highest BCUT2D eigenvalue weighted by Gasteiger charge is 2.29. The number of likely N-dealkylation sites (N-methyl/N-ethyl adjacent to an activating group) is 1. The molecule has 1 aromatic carbocycles. The summed E-state index contributed by atoms with van der Waals surface area (Å²) in [6, 6.07) is 7.10. The summed E-state index contributed by atoms with van der Waals surface area (Å²) in [6.45, 7) is 3.87. The molecule has 110 valence electrons. The fourth-order valence-corrected chi connectivity index (χ4v) is 2.61. The lowest BCUT2D eigenvalue weighted by molar-refractivity contribution is -0.144. The maximum Gasteiger partial charge on any atom is 0.325 e. The van der Waals surface area contributed by atoms with Crippen molar-refractivity contribution in [1.29, 1.82) is 0 Å². The smallest absolute Gasteiger partial charge is 0.325 e. The second-order valence-corrected chi connectivity index (χ2v) is 5.26. The summed E-state index contributed by atoms with van der Waals surface area (Å²) in [5.41, 5.74) is 1.84. The van der Waals surface area contributed by atoms with Crippen LogP contribution in [-0.4, -0.2) is 61.2 Å². The summed E-state index contributed by atoms with van der Waals surface area (Å²) < 4.78 is 5.11. The molecule has 1 fully saturated rings. The first kappa shape index (κ1) is 15.0. The number of methoxy groups -OCH3 is 1. The van der Waals surface area contributed by atoms with Gasteiger partial charge in [-0.05, 0) is 18.2 Å². The molecule has 1 heterocycles. The molecule has 0 spiro atoms. The molecule has 1 unspecified atom stereocenters. The number of hydrogen-bond acceptors (Lipinski definition) is 4. The Labute approximate surface area is 119 Å². The van der Waals surface area contributed by atoms with Crippen molar-refractivity contribution in [2.45, 2.75) is 12.6 Å². The monoisotopic (exact) mass is 278 g/mol. The molecule has 1 saturated heterocycles. The predicted octanol–water partition coefficient (Wildman–Crippen LogP) is 1.21. The van der Waals surface area contributed by atoms with Crippen LogP contribution in [0.15, 0.2) is 24.3 Å². The maximum atomic E-state index is 11.7. The Hall–Kier alpha value is -1.43. The van der Waals surface area contributed by atoms with E-state index in [4.69, 9.17) is 4.74 Å². The Morgan fingerprint density at radius 2 is 2.05 bits per heavy atom. The normalized spacial score (nSPS) is 18.9. The van der Waals surface area contributed by atoms with Crippen molar-refractivity contribution in [2.75, 3.05) is 40.3 Å². The Bertz CT molecular complexity index is 456. The molecule has 5 heteroatoms. The molecule has 0 radical (unpaired) electrons. The molecule has 1 aliphatic heterocycles. The molecular formula is C15H22N2O3. The van der Waals surface area contributed by atoms with Crippen molar-refractivity contribution in [3.05, 3.63) is 35.4 Å². The van der Waals surface area contributed by atoms with E-state index in [-0.39, 0.29) is 0 Å². The van der Waals surface area contributed by atoms with Crippen molar-refractivity contribution < 1.29 is 14.6 Å². The molecule has 20 heavy (non-hydrogen) atoms. The number of carboxylic acid groups (broad SMARTS) is 1. The predicted molar refractivity (Wildman–Crippen MR) is 76.6 cm³/mol. The molecule has 0 aromatic heterocycles. The topological polar surface area (TPSA) is 53.0 Å². The van der Waals surface area contributed by atoms with E-state index in [1.54, 1.807) is 7.11 Å². The number of carbonyl (C=O) groups is 1. The first-order chi connectivity index (χ1) is 9.61. The highest BCUT2D eigenvalue weighted by Crippen LogP contribution is 2.23. The van der Waals surface area contributed by atoms with Gasteiger partial charge in [0.1, 0.15) is 6.04 Å². The van der Waals surface area contributed by atoms with Gasteiger partial charge >= 0.3 is 5.97 Å². The van der Waals surface area contributed by atoms with E-state index >= 15 is 0 Å². The van der Waals surface area contributed by atoms with Gasteiger partial charge in [0.2, 0.25) is 0 Å². The number of carboxylic acids is 1. The number of hydrogen-bond donors (Lipinski definition) is 1. The summed E-state index contributed by atoms with van der Waals surface area (Å²) >= 11 is 0. The summed E-state index contributed by atoms with van der Waals surface area (Å²) in [5.74, 6) is -0.788. The van der Waals surface area contributed by atoms with Crippen LogP contribution in [0.1, 0.15) is 17.2 Å². The van der Waals surface area contributed by atoms with Gasteiger partial charge in [0, 0.05) is 33.3 Å². The highest BCUT2D eigenvalue weighted by molar-refractivity contribution is 5.75. The first-order valence-electron chi connectivity index (χ1n) is 6.85. The van der Waals surface area contributed by atoms with E-state index in [0.717, 1.165) is 37.3 Å². The Kier molecular flexibility index (Phi) is 5.11. The van der Waals surface area contributed by atoms with Gasteiger partial charge in [-0.3, -0.25) is 9.69 Å². The lowest BCUT2D eigenvalue weighted by Gasteiger charge is -2.36. The Morgan fingerprint density at radius 1 is 1.35 bits per heavy atom. The lowest BCUT2D eigenvalue weighted by atomic mass is 10.0. The first-order valence-corrected chi connectivity index (χ1v) is 6.85. The number of aliphatic carboxylic acids is 1. The third-order valence-electron chi connectivity index (χ3n) is 3.71. The van der Waals surface area contributed by atoms with Gasteiger partial charge in [-0.2, -0.15) is 0 Å². The van der Waals surface area contributed by atoms with Gasteiger partial charge < -0.3 is 14.7 Å². The van der Waals surface area contributed by atoms with Crippen LogP contribution in [0, 0.1) is 0 Å². The quantitative estimate of drug-likeness (QED) is 0.877. The Balaban J connectivity index is 2.20. The summed E-state index contributed by atoms with van der Waals surface area (Å²) in [6.07, 6.45) is 0. The number of nitrogens with zero attached hydrogens (tertiary/aromatic N) is 2. The van der Waals surface area contributed by atoms with E-state index in [1.807, 2.05) is 29.2 Å². The third kappa shape index (κ3) is 3.56. The minimum atomic E-state index is -0.788. The largest absolute Gasteiger partial charge is 0.480 e. The van der Waals surface area contributed by atoms with Gasteiger partial charge in [0.15, 0.2) is 0 Å². The van der Waals surface area contributed by atoms with Gasteiger partial charge in [-0.25, -0.2) is 0 Å². The van der Waals surface area contributed by atoms with Crippen LogP contribution in [0.25, 0.3) is 0 Å². The van der Waals surface area contributed by atoms with E-state index < -0.39 is 12.0 Å². The van der Waals surface area contributed by atoms with E-state index in [2.05, 4.69) is 11.9 Å². The van der Waals surface area contributed by atoms with Gasteiger partial charge in [0.25, 0.3) is 0 Å². The number of ether oxygens (including phenoxy) is 1. The summed E-state index contributed by atoms with van der Waals surface area (Å²) in [5, 5.41) is 9.58. The van der Waals surface area contributed by atoms with E-state index in [1.165, 1.54) is 0 Å². The molecule has 1 aromatic rings. The molecule has 1 atom stereocenters. The lowest BCUT2D eigenvalue weighted by Crippen LogP contribution is -2.47. The molecule has 0 amide bonds. The van der Waals surface area contributed by atoms with Gasteiger partial charge in [0.05, 0.1) is 6.61 Å². The van der Waals surface area contributed by atoms with Crippen LogP contribution in [0.2, 0.25) is 0 Å². The van der Waals surface area contributed by atoms with Gasteiger partial charge in [-0.15, -0.1) is 0 Å². The zero-order valence-electron chi connectivity index (χ0n) is 12.1. The Morgan fingerprint density at radius 3 is 2.65 bits per heavy atom. The molecule has 1 N–H and O–H groups in total. The van der Waals surface area contributed by atoms with Crippen LogP contribution in [0.5, 0.6) is 0 Å². The van der Waals surface area contributed by atoms with Crippen molar-refractivity contribution >= 4 is 5.97 Å². The number of rotatable bonds is 5. The third-order valence-corrected chi connectivity index (χ3v) is 3.71. The van der Waals surface area contributed by atoms with Crippen LogP contribution >= 0.6 is 0 Å². The average molecular weight is 278 g/mol. The average Bonchev–Trinajstić information content (AvgIpc) is 2.42. The van der Waals surface area contributed by atoms with Crippen LogP contribution < -0.4 is 0 Å². The van der Waals surface area contributed by atoms with Crippen molar-refractivity contribution in [2.24, 2.45) is 0 Å². The molecule has 2 rings (SSSR count). The van der Waals surface area contributed by atoms with E-state index in [0.29, 0.717) is 6.61 Å². The van der Waals surface area contributed by atoms with Crippen LogP contribution in [0.3, 0.4) is 0 Å². The standard InChI is InChI=1S/C15H22N2O3/c1-16-6-8-17(9-7-16)14(15(18)19)13-5-3-4-12(10-13)11-20-2/h3-5,10,14H,6-9,11H2,1-2H3,(H,18,19). The van der Waals surface area contributed by atoms with Crippen molar-refractivity contribution in [1.82, 2.24) is 9.80 Å². The van der Waals surface area contributed by atoms with E-state index in [9.17, 15) is 9.90 Å². The van der Waals surface area contributed by atoms with Crippen molar-refractivity contribution in [3.8, 4) is 0 Å². The SMILES string of the molecule is COCc1cccc(C(C(=O)O)N2CCN(C)CC2)c1. The molecule has 5 nitrogen and oxygen atoms in total. The zero-order valence-corrected chi connectivity index (χ0v) is 12.1. The molecule has 0 aliphatic carbocycles. The second-order valence-electron chi connectivity index (χ2n) is 5.26. The molecule has 1 aliphatic rings.